The molecule has 0 aliphatic heterocycles. The van der Waals surface area contributed by atoms with Crippen LogP contribution in [0.1, 0.15) is 35.5 Å². The number of carbonyl (C=O) groups is 1. The van der Waals surface area contributed by atoms with Crippen LogP contribution < -0.4 is 0 Å². The van der Waals surface area contributed by atoms with E-state index in [0.29, 0.717) is 18.7 Å². The van der Waals surface area contributed by atoms with Crippen molar-refractivity contribution in [1.82, 2.24) is 9.88 Å². The fraction of sp³-hybridized carbons (Fsp3) is 0.294. The standard InChI is InChI=1S/C17H20N2O2/c1-3-19(12-16-6-4-5-9-18-16)11-15-10-14(13(2)20)7-8-17(15)21/h4-10,21H,3,11-12H2,1-2H3. The van der Waals surface area contributed by atoms with Crippen LogP contribution >= 0.6 is 0 Å². The van der Waals surface area contributed by atoms with Crippen molar-refractivity contribution in [1.29, 1.82) is 0 Å². The third kappa shape index (κ3) is 4.13. The van der Waals surface area contributed by atoms with Crippen LogP contribution in [-0.2, 0) is 13.1 Å². The van der Waals surface area contributed by atoms with Crippen LogP contribution in [0.25, 0.3) is 0 Å². The molecule has 1 heterocycles. The van der Waals surface area contributed by atoms with Gasteiger partial charge >= 0.3 is 0 Å². The van der Waals surface area contributed by atoms with Crippen LogP contribution in [0.3, 0.4) is 0 Å². The number of aromatic nitrogens is 1. The van der Waals surface area contributed by atoms with Crippen LogP contribution in [0.2, 0.25) is 0 Å². The van der Waals surface area contributed by atoms with E-state index in [1.165, 1.54) is 6.92 Å². The molecule has 2 rings (SSSR count). The van der Waals surface area contributed by atoms with E-state index >= 15 is 0 Å². The van der Waals surface area contributed by atoms with E-state index in [1.54, 1.807) is 24.4 Å². The molecule has 4 nitrogen and oxygen atoms in total. The Morgan fingerprint density at radius 2 is 2.05 bits per heavy atom. The number of hydrogen-bond donors (Lipinski definition) is 1. The van der Waals surface area contributed by atoms with Gasteiger partial charge in [0, 0.05) is 30.4 Å². The van der Waals surface area contributed by atoms with Crippen LogP contribution in [0.5, 0.6) is 5.75 Å². The van der Waals surface area contributed by atoms with E-state index < -0.39 is 0 Å². The topological polar surface area (TPSA) is 53.4 Å². The predicted octanol–water partition coefficient (Wildman–Crippen LogP) is 3.01. The number of ketones is 1. The zero-order valence-corrected chi connectivity index (χ0v) is 12.4. The largest absolute Gasteiger partial charge is 0.508 e. The molecule has 1 aromatic heterocycles. The van der Waals surface area contributed by atoms with Gasteiger partial charge in [-0.3, -0.25) is 14.7 Å². The molecule has 2 aromatic rings. The molecule has 0 saturated carbocycles. The lowest BCUT2D eigenvalue weighted by Gasteiger charge is -2.20. The zero-order chi connectivity index (χ0) is 15.2. The maximum atomic E-state index is 11.5. The molecular formula is C17H20N2O2. The summed E-state index contributed by atoms with van der Waals surface area (Å²) in [5.41, 5.74) is 2.37. The molecule has 1 aromatic carbocycles. The second-order valence-electron chi connectivity index (χ2n) is 5.02. The van der Waals surface area contributed by atoms with Gasteiger partial charge in [0.15, 0.2) is 5.78 Å². The van der Waals surface area contributed by atoms with E-state index in [-0.39, 0.29) is 11.5 Å². The molecule has 4 heteroatoms. The van der Waals surface area contributed by atoms with E-state index in [0.717, 1.165) is 17.8 Å². The average molecular weight is 284 g/mol. The highest BCUT2D eigenvalue weighted by Gasteiger charge is 2.11. The minimum absolute atomic E-state index is 0.00373. The number of nitrogens with zero attached hydrogens (tertiary/aromatic N) is 2. The molecule has 0 aliphatic carbocycles. The van der Waals surface area contributed by atoms with Crippen molar-refractivity contribution in [3.05, 3.63) is 59.4 Å². The van der Waals surface area contributed by atoms with Crippen LogP contribution in [0.4, 0.5) is 0 Å². The summed E-state index contributed by atoms with van der Waals surface area (Å²) in [7, 11) is 0. The van der Waals surface area contributed by atoms with Crippen molar-refractivity contribution in [2.45, 2.75) is 26.9 Å². The van der Waals surface area contributed by atoms with Crippen LogP contribution in [0.15, 0.2) is 42.6 Å². The van der Waals surface area contributed by atoms with Crippen LogP contribution in [-0.4, -0.2) is 27.3 Å². The van der Waals surface area contributed by atoms with Gasteiger partial charge in [0.05, 0.1) is 5.69 Å². The van der Waals surface area contributed by atoms with E-state index in [9.17, 15) is 9.90 Å². The molecule has 110 valence electrons. The van der Waals surface area contributed by atoms with Crippen LogP contribution in [0, 0.1) is 0 Å². The normalized spacial score (nSPS) is 10.8. The van der Waals surface area contributed by atoms with Gasteiger partial charge in [-0.25, -0.2) is 0 Å². The number of rotatable bonds is 6. The first-order chi connectivity index (χ1) is 10.1. The molecule has 1 N–H and O–H groups in total. The molecule has 0 atom stereocenters. The number of Topliss-reactive ketones (excluding diaryl/α,β-unsaturated/α-hetero) is 1. The lowest BCUT2D eigenvalue weighted by Crippen LogP contribution is -2.23. The number of pyridine rings is 1. The van der Waals surface area contributed by atoms with Crippen molar-refractivity contribution in [3.63, 3.8) is 0 Å². The Bertz CT molecular complexity index is 611. The summed E-state index contributed by atoms with van der Waals surface area (Å²) in [5, 5.41) is 9.97. The summed E-state index contributed by atoms with van der Waals surface area (Å²) < 4.78 is 0. The number of aromatic hydroxyl groups is 1. The number of hydrogen-bond acceptors (Lipinski definition) is 4. The maximum absolute atomic E-state index is 11.5. The second kappa shape index (κ2) is 6.99. The smallest absolute Gasteiger partial charge is 0.159 e. The average Bonchev–Trinajstić information content (AvgIpc) is 2.49. The highest BCUT2D eigenvalue weighted by molar-refractivity contribution is 5.94. The molecule has 0 fully saturated rings. The molecule has 0 amide bonds. The third-order valence-corrected chi connectivity index (χ3v) is 3.44. The fourth-order valence-corrected chi connectivity index (χ4v) is 2.17. The maximum Gasteiger partial charge on any atom is 0.159 e. The van der Waals surface area contributed by atoms with Gasteiger partial charge in [-0.1, -0.05) is 13.0 Å². The predicted molar refractivity (Wildman–Crippen MR) is 82.1 cm³/mol. The Kier molecular flexibility index (Phi) is 5.06. The highest BCUT2D eigenvalue weighted by atomic mass is 16.3. The van der Waals surface area contributed by atoms with Crippen molar-refractivity contribution in [2.24, 2.45) is 0 Å². The summed E-state index contributed by atoms with van der Waals surface area (Å²) in [5.74, 6) is 0.225. The molecule has 0 saturated heterocycles. The van der Waals surface area contributed by atoms with E-state index in [1.807, 2.05) is 18.2 Å². The Balaban J connectivity index is 2.14. The Morgan fingerprint density at radius 3 is 2.67 bits per heavy atom. The number of carbonyl (C=O) groups excluding carboxylic acids is 1. The van der Waals surface area contributed by atoms with Gasteiger partial charge in [0.2, 0.25) is 0 Å². The molecule has 0 spiro atoms. The number of benzene rings is 1. The first kappa shape index (κ1) is 15.2. The molecule has 0 unspecified atom stereocenters. The first-order valence-corrected chi connectivity index (χ1v) is 7.05. The number of phenolic OH excluding ortho intramolecular Hbond substituents is 1. The lowest BCUT2D eigenvalue weighted by atomic mass is 10.1. The number of phenols is 1. The van der Waals surface area contributed by atoms with Crippen molar-refractivity contribution in [2.75, 3.05) is 6.54 Å². The van der Waals surface area contributed by atoms with Gasteiger partial charge in [-0.05, 0) is 43.8 Å². The molecule has 0 radical (unpaired) electrons. The Labute approximate surface area is 125 Å². The first-order valence-electron chi connectivity index (χ1n) is 7.05. The van der Waals surface area contributed by atoms with Gasteiger partial charge in [-0.15, -0.1) is 0 Å². The molecule has 21 heavy (non-hydrogen) atoms. The molecule has 0 aliphatic rings. The summed E-state index contributed by atoms with van der Waals surface area (Å²) in [6, 6.07) is 10.8. The Hall–Kier alpha value is -2.20. The van der Waals surface area contributed by atoms with Gasteiger partial charge < -0.3 is 5.11 Å². The summed E-state index contributed by atoms with van der Waals surface area (Å²) in [6.07, 6.45) is 1.77. The lowest BCUT2D eigenvalue weighted by molar-refractivity contribution is 0.101. The van der Waals surface area contributed by atoms with Crippen molar-refractivity contribution in [3.8, 4) is 5.75 Å². The monoisotopic (exact) mass is 284 g/mol. The molecule has 0 bridgehead atoms. The SMILES string of the molecule is CCN(Cc1ccccn1)Cc1cc(C(C)=O)ccc1O. The fourth-order valence-electron chi connectivity index (χ4n) is 2.17. The zero-order valence-electron chi connectivity index (χ0n) is 12.4. The summed E-state index contributed by atoms with van der Waals surface area (Å²) in [6.45, 7) is 5.72. The van der Waals surface area contributed by atoms with Gasteiger partial charge in [0.25, 0.3) is 0 Å². The van der Waals surface area contributed by atoms with Crippen molar-refractivity contribution < 1.29 is 9.90 Å². The quantitative estimate of drug-likeness (QED) is 0.828. The summed E-state index contributed by atoms with van der Waals surface area (Å²) >= 11 is 0. The second-order valence-corrected chi connectivity index (χ2v) is 5.02. The Morgan fingerprint density at radius 1 is 1.24 bits per heavy atom. The molecular weight excluding hydrogens is 264 g/mol. The van der Waals surface area contributed by atoms with Gasteiger partial charge in [-0.2, -0.15) is 0 Å². The van der Waals surface area contributed by atoms with Crippen molar-refractivity contribution >= 4 is 5.78 Å². The minimum Gasteiger partial charge on any atom is -0.508 e. The third-order valence-electron chi connectivity index (χ3n) is 3.44. The van der Waals surface area contributed by atoms with Gasteiger partial charge in [0.1, 0.15) is 5.75 Å². The summed E-state index contributed by atoms with van der Waals surface area (Å²) in [4.78, 5) is 17.9. The minimum atomic E-state index is 0.00373. The van der Waals surface area contributed by atoms with E-state index in [4.69, 9.17) is 0 Å². The van der Waals surface area contributed by atoms with E-state index in [2.05, 4.69) is 16.8 Å². The highest BCUT2D eigenvalue weighted by Crippen LogP contribution is 2.21.